The molecule has 5 heteroatoms. The Labute approximate surface area is 139 Å². The minimum absolute atomic E-state index is 0.0274. The van der Waals surface area contributed by atoms with Crippen LogP contribution < -0.4 is 0 Å². The predicted molar refractivity (Wildman–Crippen MR) is 90.5 cm³/mol. The van der Waals surface area contributed by atoms with E-state index in [4.69, 9.17) is 0 Å². The normalized spacial score (nSPS) is 26.0. The van der Waals surface area contributed by atoms with E-state index < -0.39 is 0 Å². The molecular weight excluding hydrogens is 308 g/mol. The molecule has 2 bridgehead atoms. The van der Waals surface area contributed by atoms with Crippen LogP contribution in [0.3, 0.4) is 0 Å². The van der Waals surface area contributed by atoms with Crippen molar-refractivity contribution in [3.8, 4) is 10.4 Å². The van der Waals surface area contributed by atoms with Crippen molar-refractivity contribution in [1.82, 2.24) is 9.88 Å². The van der Waals surface area contributed by atoms with Crippen molar-refractivity contribution in [1.29, 1.82) is 0 Å². The molecular formula is C18H20N2O2S. The number of fused-ring (bicyclic) bond motifs is 2. The lowest BCUT2D eigenvalue weighted by Crippen LogP contribution is -2.66. The van der Waals surface area contributed by atoms with E-state index in [2.05, 4.69) is 4.98 Å². The van der Waals surface area contributed by atoms with Gasteiger partial charge in [0.05, 0.1) is 22.0 Å². The number of rotatable bonds is 3. The Bertz CT molecular complexity index is 735. The van der Waals surface area contributed by atoms with Crippen molar-refractivity contribution in [2.24, 2.45) is 5.92 Å². The fourth-order valence-corrected chi connectivity index (χ4v) is 4.92. The summed E-state index contributed by atoms with van der Waals surface area (Å²) in [6, 6.07) is 9.96. The third-order valence-corrected chi connectivity index (χ3v) is 6.20. The summed E-state index contributed by atoms with van der Waals surface area (Å²) in [6.45, 7) is 2.72. The number of aliphatic hydroxyl groups is 1. The lowest BCUT2D eigenvalue weighted by Gasteiger charge is -2.58. The largest absolute Gasteiger partial charge is 0.394 e. The van der Waals surface area contributed by atoms with Crippen molar-refractivity contribution >= 4 is 17.2 Å². The molecule has 1 aromatic heterocycles. The van der Waals surface area contributed by atoms with E-state index in [1.807, 2.05) is 42.2 Å². The van der Waals surface area contributed by atoms with Crippen molar-refractivity contribution in [3.05, 3.63) is 41.0 Å². The number of aryl methyl sites for hydroxylation is 1. The number of benzene rings is 1. The maximum absolute atomic E-state index is 13.2. The van der Waals surface area contributed by atoms with Gasteiger partial charge in [-0.15, -0.1) is 11.3 Å². The summed E-state index contributed by atoms with van der Waals surface area (Å²) in [5, 5.41) is 10.7. The first-order chi connectivity index (χ1) is 11.1. The molecule has 1 N–H and O–H groups in total. The van der Waals surface area contributed by atoms with Crippen LogP contribution in [0.2, 0.25) is 0 Å². The number of carbonyl (C=O) groups is 1. The van der Waals surface area contributed by atoms with Crippen molar-refractivity contribution < 1.29 is 9.90 Å². The Morgan fingerprint density at radius 2 is 2.13 bits per heavy atom. The molecule has 23 heavy (non-hydrogen) atoms. The number of hydrogen-bond donors (Lipinski definition) is 1. The van der Waals surface area contributed by atoms with Crippen LogP contribution in [0.15, 0.2) is 30.3 Å². The third kappa shape index (κ3) is 2.30. The number of thiazole rings is 1. The van der Waals surface area contributed by atoms with Crippen molar-refractivity contribution in [2.75, 3.05) is 13.2 Å². The van der Waals surface area contributed by atoms with Gasteiger partial charge in [0.15, 0.2) is 0 Å². The van der Waals surface area contributed by atoms with Crippen molar-refractivity contribution in [2.45, 2.75) is 31.7 Å². The summed E-state index contributed by atoms with van der Waals surface area (Å²) in [4.78, 5) is 20.5. The smallest absolute Gasteiger partial charge is 0.274 e. The van der Waals surface area contributed by atoms with Gasteiger partial charge in [0.2, 0.25) is 0 Å². The minimum atomic E-state index is -0.342. The van der Waals surface area contributed by atoms with E-state index in [0.717, 1.165) is 41.3 Å². The molecule has 1 aromatic carbocycles. The standard InChI is InChI=1S/C18H20N2O2S/c1-12-19-15(16(23-12)14-5-3-2-4-6-14)17(22)20-8-7-13-9-18(20,10-13)11-21/h2-6,13,21H,7-11H2,1H3. The maximum Gasteiger partial charge on any atom is 0.274 e. The number of amides is 1. The summed E-state index contributed by atoms with van der Waals surface area (Å²) in [5.41, 5.74) is 1.23. The van der Waals surface area contributed by atoms with Crippen LogP contribution in [0.1, 0.15) is 34.8 Å². The fourth-order valence-electron chi connectivity index (χ4n) is 4.00. The second-order valence-corrected chi connectivity index (χ2v) is 7.88. The highest BCUT2D eigenvalue weighted by molar-refractivity contribution is 7.15. The molecule has 2 aliphatic heterocycles. The number of aliphatic hydroxyl groups excluding tert-OH is 1. The molecule has 5 rings (SSSR count). The summed E-state index contributed by atoms with van der Waals surface area (Å²) in [5.74, 6) is 0.650. The second-order valence-electron chi connectivity index (χ2n) is 6.68. The zero-order valence-corrected chi connectivity index (χ0v) is 14.0. The summed E-state index contributed by atoms with van der Waals surface area (Å²) in [7, 11) is 0. The third-order valence-electron chi connectivity index (χ3n) is 5.18. The highest BCUT2D eigenvalue weighted by atomic mass is 32.1. The Balaban J connectivity index is 1.72. The van der Waals surface area contributed by atoms with Crippen LogP contribution in [0.4, 0.5) is 0 Å². The molecule has 120 valence electrons. The zero-order chi connectivity index (χ0) is 16.0. The molecule has 0 radical (unpaired) electrons. The second kappa shape index (κ2) is 5.42. The molecule has 1 aliphatic carbocycles. The average Bonchev–Trinajstić information content (AvgIpc) is 2.96. The Morgan fingerprint density at radius 3 is 2.83 bits per heavy atom. The lowest BCUT2D eigenvalue weighted by atomic mass is 9.63. The first-order valence-electron chi connectivity index (χ1n) is 8.09. The number of piperidine rings is 2. The van der Waals surface area contributed by atoms with Crippen LogP contribution in [0.5, 0.6) is 0 Å². The molecule has 0 spiro atoms. The van der Waals surface area contributed by atoms with Gasteiger partial charge in [-0.3, -0.25) is 4.79 Å². The molecule has 4 nitrogen and oxygen atoms in total. The van der Waals surface area contributed by atoms with Gasteiger partial charge >= 0.3 is 0 Å². The number of hydrogen-bond acceptors (Lipinski definition) is 4. The first-order valence-corrected chi connectivity index (χ1v) is 8.90. The van der Waals surface area contributed by atoms with Gasteiger partial charge < -0.3 is 10.0 Å². The average molecular weight is 328 g/mol. The summed E-state index contributed by atoms with van der Waals surface area (Å²) < 4.78 is 0. The highest BCUT2D eigenvalue weighted by Crippen LogP contribution is 2.49. The van der Waals surface area contributed by atoms with Gasteiger partial charge in [0.1, 0.15) is 5.69 Å². The molecule has 1 saturated carbocycles. The molecule has 0 unspecified atom stereocenters. The van der Waals surface area contributed by atoms with Crippen LogP contribution in [0, 0.1) is 12.8 Å². The number of carbonyl (C=O) groups excluding carboxylic acids is 1. The molecule has 3 heterocycles. The van der Waals surface area contributed by atoms with Gasteiger partial charge in [-0.05, 0) is 37.7 Å². The molecule has 3 fully saturated rings. The fraction of sp³-hybridized carbons (Fsp3) is 0.444. The SMILES string of the molecule is Cc1nc(C(=O)N2CCC3CC2(CO)C3)c(-c2ccccc2)s1. The molecule has 1 amide bonds. The molecule has 2 aromatic rings. The Kier molecular flexibility index (Phi) is 3.50. The van der Waals surface area contributed by atoms with Gasteiger partial charge in [0.25, 0.3) is 5.91 Å². The van der Waals surface area contributed by atoms with E-state index in [0.29, 0.717) is 11.6 Å². The maximum atomic E-state index is 13.2. The van der Waals surface area contributed by atoms with Crippen LogP contribution in [0.25, 0.3) is 10.4 Å². The van der Waals surface area contributed by atoms with E-state index in [1.54, 1.807) is 11.3 Å². The monoisotopic (exact) mass is 328 g/mol. The van der Waals surface area contributed by atoms with E-state index >= 15 is 0 Å². The number of nitrogens with zero attached hydrogens (tertiary/aromatic N) is 2. The molecule has 3 aliphatic rings. The molecule has 2 saturated heterocycles. The van der Waals surface area contributed by atoms with E-state index in [1.165, 1.54) is 0 Å². The van der Waals surface area contributed by atoms with Crippen LogP contribution in [-0.4, -0.2) is 39.6 Å². The van der Waals surface area contributed by atoms with Gasteiger partial charge in [-0.1, -0.05) is 30.3 Å². The number of aromatic nitrogens is 1. The Morgan fingerprint density at radius 1 is 1.39 bits per heavy atom. The van der Waals surface area contributed by atoms with Gasteiger partial charge in [-0.2, -0.15) is 0 Å². The van der Waals surface area contributed by atoms with E-state index in [-0.39, 0.29) is 18.1 Å². The Hall–Kier alpha value is -1.72. The van der Waals surface area contributed by atoms with Crippen molar-refractivity contribution in [3.63, 3.8) is 0 Å². The predicted octanol–water partition coefficient (Wildman–Crippen LogP) is 3.11. The summed E-state index contributed by atoms with van der Waals surface area (Å²) in [6.07, 6.45) is 2.90. The van der Waals surface area contributed by atoms with E-state index in [9.17, 15) is 9.90 Å². The topological polar surface area (TPSA) is 53.4 Å². The lowest BCUT2D eigenvalue weighted by molar-refractivity contribution is -0.0852. The zero-order valence-electron chi connectivity index (χ0n) is 13.2. The van der Waals surface area contributed by atoms with Gasteiger partial charge in [0, 0.05) is 6.54 Å². The quantitative estimate of drug-likeness (QED) is 0.942. The summed E-state index contributed by atoms with van der Waals surface area (Å²) >= 11 is 1.56. The minimum Gasteiger partial charge on any atom is -0.394 e. The highest BCUT2D eigenvalue weighted by Gasteiger charge is 2.53. The molecule has 0 atom stereocenters. The van der Waals surface area contributed by atoms with Gasteiger partial charge in [-0.25, -0.2) is 4.98 Å². The van der Waals surface area contributed by atoms with Crippen LogP contribution in [-0.2, 0) is 0 Å². The first kappa shape index (κ1) is 14.8. The van der Waals surface area contributed by atoms with Crippen LogP contribution >= 0.6 is 11.3 Å².